The van der Waals surface area contributed by atoms with Crippen molar-refractivity contribution < 1.29 is 9.72 Å². The molecule has 0 aliphatic heterocycles. The average Bonchev–Trinajstić information content (AvgIpc) is 2.62. The molecule has 0 saturated heterocycles. The minimum atomic E-state index is -0.400. The Morgan fingerprint density at radius 3 is 2.15 bits per heavy atom. The largest absolute Gasteiger partial charge is 0.370 e. The third-order valence-electron chi connectivity index (χ3n) is 4.19. The van der Waals surface area contributed by atoms with Crippen molar-refractivity contribution in [2.45, 2.75) is 13.0 Å². The number of hydrogen-bond donors (Lipinski definition) is 1. The summed E-state index contributed by atoms with van der Waals surface area (Å²) in [4.78, 5) is 26.3. The lowest BCUT2D eigenvalue weighted by molar-refractivity contribution is -0.384. The molecule has 0 fully saturated rings. The molecule has 1 amide bonds. The summed E-state index contributed by atoms with van der Waals surface area (Å²) in [6.07, 6.45) is 0.361. The molecule has 2 aromatic rings. The molecule has 2 aromatic carbocycles. The fraction of sp³-hybridized carbons (Fsp3) is 0.350. The van der Waals surface area contributed by atoms with E-state index in [1.54, 1.807) is 12.1 Å². The summed E-state index contributed by atoms with van der Waals surface area (Å²) in [5.41, 5.74) is 3.07. The minimum Gasteiger partial charge on any atom is -0.370 e. The normalized spacial score (nSPS) is 10.7. The number of nitro benzene ring substituents is 1. The standard InChI is InChI=1S/C20H26N4O3/c1-22(2)13-12-21-20(25)14-16-4-8-18(9-5-16)23(3)15-17-6-10-19(11-7-17)24(26)27/h4-11H,12-15H2,1-3H3,(H,21,25). The Balaban J connectivity index is 1.88. The van der Waals surface area contributed by atoms with E-state index >= 15 is 0 Å². The summed E-state index contributed by atoms with van der Waals surface area (Å²) in [5.74, 6) is 0.0174. The van der Waals surface area contributed by atoms with E-state index in [-0.39, 0.29) is 11.6 Å². The van der Waals surface area contributed by atoms with Crippen LogP contribution in [0.25, 0.3) is 0 Å². The van der Waals surface area contributed by atoms with Gasteiger partial charge in [0, 0.05) is 44.5 Å². The SMILES string of the molecule is CN(C)CCNC(=O)Cc1ccc(N(C)Cc2ccc([N+](=O)[O-])cc2)cc1. The maximum absolute atomic E-state index is 11.9. The highest BCUT2D eigenvalue weighted by Gasteiger charge is 2.08. The zero-order valence-electron chi connectivity index (χ0n) is 16.0. The second-order valence-electron chi connectivity index (χ2n) is 6.78. The van der Waals surface area contributed by atoms with E-state index in [0.29, 0.717) is 19.5 Å². The molecule has 7 heteroatoms. The Morgan fingerprint density at radius 2 is 1.59 bits per heavy atom. The average molecular weight is 370 g/mol. The molecule has 1 N–H and O–H groups in total. The van der Waals surface area contributed by atoms with Gasteiger partial charge >= 0.3 is 0 Å². The van der Waals surface area contributed by atoms with Gasteiger partial charge in [0.05, 0.1) is 11.3 Å². The molecule has 27 heavy (non-hydrogen) atoms. The molecule has 0 aromatic heterocycles. The first kappa shape index (κ1) is 20.4. The van der Waals surface area contributed by atoms with Crippen LogP contribution in [0.4, 0.5) is 11.4 Å². The van der Waals surface area contributed by atoms with Gasteiger partial charge in [0.2, 0.25) is 5.91 Å². The summed E-state index contributed by atoms with van der Waals surface area (Å²) in [5, 5.41) is 13.6. The van der Waals surface area contributed by atoms with Crippen molar-refractivity contribution in [1.29, 1.82) is 0 Å². The van der Waals surface area contributed by atoms with Crippen LogP contribution in [0.15, 0.2) is 48.5 Å². The van der Waals surface area contributed by atoms with Gasteiger partial charge in [-0.15, -0.1) is 0 Å². The summed E-state index contributed by atoms with van der Waals surface area (Å²) in [7, 11) is 5.90. The first-order valence-electron chi connectivity index (χ1n) is 8.80. The smallest absolute Gasteiger partial charge is 0.269 e. The predicted octanol–water partition coefficient (Wildman–Crippen LogP) is 2.45. The van der Waals surface area contributed by atoms with Gasteiger partial charge in [-0.05, 0) is 37.4 Å². The Labute approximate surface area is 159 Å². The number of hydrogen-bond acceptors (Lipinski definition) is 5. The number of likely N-dealkylation sites (N-methyl/N-ethyl adjacent to an activating group) is 1. The summed E-state index contributed by atoms with van der Waals surface area (Å²) in [6, 6.07) is 14.4. The maximum atomic E-state index is 11.9. The molecule has 0 bridgehead atoms. The number of amides is 1. The van der Waals surface area contributed by atoms with Crippen LogP contribution in [0.1, 0.15) is 11.1 Å². The first-order valence-corrected chi connectivity index (χ1v) is 8.80. The second kappa shape index (κ2) is 9.68. The van der Waals surface area contributed by atoms with Crippen molar-refractivity contribution in [3.8, 4) is 0 Å². The molecule has 0 spiro atoms. The highest BCUT2D eigenvalue weighted by atomic mass is 16.6. The van der Waals surface area contributed by atoms with Crippen molar-refractivity contribution in [3.63, 3.8) is 0 Å². The lowest BCUT2D eigenvalue weighted by atomic mass is 10.1. The monoisotopic (exact) mass is 370 g/mol. The van der Waals surface area contributed by atoms with Crippen LogP contribution >= 0.6 is 0 Å². The Hall–Kier alpha value is -2.93. The van der Waals surface area contributed by atoms with Gasteiger partial charge in [-0.3, -0.25) is 14.9 Å². The van der Waals surface area contributed by atoms with Crippen LogP contribution in [-0.2, 0) is 17.8 Å². The molecule has 0 saturated carbocycles. The molecular formula is C20H26N4O3. The van der Waals surface area contributed by atoms with Gasteiger partial charge in [0.1, 0.15) is 0 Å². The maximum Gasteiger partial charge on any atom is 0.269 e. The highest BCUT2D eigenvalue weighted by Crippen LogP contribution is 2.18. The van der Waals surface area contributed by atoms with E-state index in [1.807, 2.05) is 50.3 Å². The number of nitrogens with zero attached hydrogens (tertiary/aromatic N) is 3. The van der Waals surface area contributed by atoms with E-state index in [2.05, 4.69) is 10.2 Å². The molecule has 144 valence electrons. The van der Waals surface area contributed by atoms with Gasteiger partial charge in [-0.1, -0.05) is 24.3 Å². The molecule has 2 rings (SSSR count). The fourth-order valence-corrected chi connectivity index (χ4v) is 2.62. The molecule has 0 aliphatic carbocycles. The van der Waals surface area contributed by atoms with Crippen molar-refractivity contribution in [2.24, 2.45) is 0 Å². The zero-order chi connectivity index (χ0) is 19.8. The summed E-state index contributed by atoms with van der Waals surface area (Å²) in [6.45, 7) is 2.10. The van der Waals surface area contributed by atoms with Crippen molar-refractivity contribution in [3.05, 3.63) is 69.8 Å². The number of carbonyl (C=O) groups is 1. The number of anilines is 1. The third-order valence-corrected chi connectivity index (χ3v) is 4.19. The number of carbonyl (C=O) groups excluding carboxylic acids is 1. The summed E-state index contributed by atoms with van der Waals surface area (Å²) < 4.78 is 0. The lowest BCUT2D eigenvalue weighted by Crippen LogP contribution is -2.32. The topological polar surface area (TPSA) is 78.7 Å². The van der Waals surface area contributed by atoms with Crippen molar-refractivity contribution in [1.82, 2.24) is 10.2 Å². The van der Waals surface area contributed by atoms with Crippen LogP contribution in [0.5, 0.6) is 0 Å². The van der Waals surface area contributed by atoms with Crippen molar-refractivity contribution >= 4 is 17.3 Å². The van der Waals surface area contributed by atoms with Crippen LogP contribution in [0.3, 0.4) is 0 Å². The Bertz CT molecular complexity index is 758. The molecule has 7 nitrogen and oxygen atoms in total. The molecule has 0 atom stereocenters. The van der Waals surface area contributed by atoms with E-state index < -0.39 is 4.92 Å². The van der Waals surface area contributed by atoms with Crippen LogP contribution in [-0.4, -0.2) is 50.0 Å². The molecule has 0 aliphatic rings. The number of rotatable bonds is 9. The first-order chi connectivity index (χ1) is 12.8. The molecule has 0 heterocycles. The van der Waals surface area contributed by atoms with E-state index in [4.69, 9.17) is 0 Å². The van der Waals surface area contributed by atoms with Gasteiger partial charge in [-0.2, -0.15) is 0 Å². The van der Waals surface area contributed by atoms with E-state index in [9.17, 15) is 14.9 Å². The molecule has 0 radical (unpaired) electrons. The van der Waals surface area contributed by atoms with Gasteiger partial charge in [0.25, 0.3) is 5.69 Å². The number of non-ortho nitro benzene ring substituents is 1. The Kier molecular flexibility index (Phi) is 7.31. The third kappa shape index (κ3) is 6.71. The fourth-order valence-electron chi connectivity index (χ4n) is 2.62. The van der Waals surface area contributed by atoms with Gasteiger partial charge < -0.3 is 15.1 Å². The summed E-state index contributed by atoms with van der Waals surface area (Å²) >= 11 is 0. The van der Waals surface area contributed by atoms with Crippen LogP contribution in [0.2, 0.25) is 0 Å². The van der Waals surface area contributed by atoms with E-state index in [1.165, 1.54) is 12.1 Å². The van der Waals surface area contributed by atoms with Crippen LogP contribution < -0.4 is 10.2 Å². The molecule has 0 unspecified atom stereocenters. The lowest BCUT2D eigenvalue weighted by Gasteiger charge is -2.19. The van der Waals surface area contributed by atoms with Gasteiger partial charge in [-0.25, -0.2) is 0 Å². The molecular weight excluding hydrogens is 344 g/mol. The number of benzene rings is 2. The second-order valence-corrected chi connectivity index (χ2v) is 6.78. The van der Waals surface area contributed by atoms with Crippen LogP contribution in [0, 0.1) is 10.1 Å². The van der Waals surface area contributed by atoms with Crippen molar-refractivity contribution in [2.75, 3.05) is 39.1 Å². The number of nitrogens with one attached hydrogen (secondary N) is 1. The highest BCUT2D eigenvalue weighted by molar-refractivity contribution is 5.78. The number of nitro groups is 1. The minimum absolute atomic E-state index is 0.0174. The zero-order valence-corrected chi connectivity index (χ0v) is 16.0. The van der Waals surface area contributed by atoms with Gasteiger partial charge in [0.15, 0.2) is 0 Å². The quantitative estimate of drug-likeness (QED) is 0.542. The van der Waals surface area contributed by atoms with E-state index in [0.717, 1.165) is 23.4 Å². The Morgan fingerprint density at radius 1 is 1.00 bits per heavy atom. The predicted molar refractivity (Wildman–Crippen MR) is 107 cm³/mol.